The third-order valence-corrected chi connectivity index (χ3v) is 10.6. The fraction of sp³-hybridized carbons (Fsp3) is 0. The molecule has 0 fully saturated rings. The number of fused-ring (bicyclic) bond motifs is 6. The molecule has 3 heterocycles. The molecule has 5 heteroatoms. The standard InChI is InChI=1S/C51H32N4O/c1-4-13-33(14-5-1)34-23-25-36(26-24-34)50-52-45(35-15-6-2-7-16-35)32-46(53-50)40-21-12-22-41(29-40)55-47-31-39-20-11-10-19-38(39)30-43(47)42-27-28-44-49(48(42)55)56-51(54-44)37-17-8-3-9-18-37/h1-32H. The summed E-state index contributed by atoms with van der Waals surface area (Å²) >= 11 is 0. The molecule has 0 aliphatic rings. The van der Waals surface area contributed by atoms with Gasteiger partial charge in [0.25, 0.3) is 0 Å². The Morgan fingerprint density at radius 2 is 0.982 bits per heavy atom. The molecule has 3 aromatic heterocycles. The van der Waals surface area contributed by atoms with Crippen LogP contribution in [0.4, 0.5) is 0 Å². The van der Waals surface area contributed by atoms with Gasteiger partial charge in [-0.15, -0.1) is 0 Å². The number of nitrogens with zero attached hydrogens (tertiary/aromatic N) is 4. The van der Waals surface area contributed by atoms with Gasteiger partial charge in [0.1, 0.15) is 5.52 Å². The predicted molar refractivity (Wildman–Crippen MR) is 229 cm³/mol. The fourth-order valence-electron chi connectivity index (χ4n) is 7.87. The predicted octanol–water partition coefficient (Wildman–Crippen LogP) is 13.2. The molecule has 11 rings (SSSR count). The van der Waals surface area contributed by atoms with E-state index in [9.17, 15) is 0 Å². The van der Waals surface area contributed by atoms with Crippen molar-refractivity contribution in [2.24, 2.45) is 0 Å². The first-order chi connectivity index (χ1) is 27.7. The van der Waals surface area contributed by atoms with E-state index in [0.29, 0.717) is 11.7 Å². The van der Waals surface area contributed by atoms with Gasteiger partial charge < -0.3 is 8.98 Å². The van der Waals surface area contributed by atoms with E-state index < -0.39 is 0 Å². The van der Waals surface area contributed by atoms with E-state index >= 15 is 0 Å². The summed E-state index contributed by atoms with van der Waals surface area (Å²) in [5.41, 5.74) is 12.6. The van der Waals surface area contributed by atoms with Crippen molar-refractivity contribution < 1.29 is 4.42 Å². The molecule has 0 radical (unpaired) electrons. The highest BCUT2D eigenvalue weighted by atomic mass is 16.3. The van der Waals surface area contributed by atoms with Gasteiger partial charge in [0, 0.05) is 38.7 Å². The van der Waals surface area contributed by atoms with Gasteiger partial charge in [-0.05, 0) is 76.5 Å². The summed E-state index contributed by atoms with van der Waals surface area (Å²) in [6.45, 7) is 0. The highest BCUT2D eigenvalue weighted by Gasteiger charge is 2.21. The van der Waals surface area contributed by atoms with Gasteiger partial charge >= 0.3 is 0 Å². The zero-order valence-electron chi connectivity index (χ0n) is 30.2. The molecule has 5 nitrogen and oxygen atoms in total. The van der Waals surface area contributed by atoms with Crippen LogP contribution in [-0.2, 0) is 0 Å². The fourth-order valence-corrected chi connectivity index (χ4v) is 7.87. The Balaban J connectivity index is 1.12. The van der Waals surface area contributed by atoms with Crippen LogP contribution in [0.1, 0.15) is 0 Å². The number of oxazole rings is 1. The van der Waals surface area contributed by atoms with Crippen molar-refractivity contribution in [1.29, 1.82) is 0 Å². The lowest BCUT2D eigenvalue weighted by atomic mass is 10.0. The Hall–Kier alpha value is -7.63. The number of rotatable bonds is 6. The van der Waals surface area contributed by atoms with Gasteiger partial charge in [-0.2, -0.15) is 0 Å². The maximum Gasteiger partial charge on any atom is 0.227 e. The van der Waals surface area contributed by atoms with Crippen molar-refractivity contribution in [3.8, 4) is 62.2 Å². The van der Waals surface area contributed by atoms with Crippen LogP contribution in [0.2, 0.25) is 0 Å². The summed E-state index contributed by atoms with van der Waals surface area (Å²) in [5, 5.41) is 4.62. The topological polar surface area (TPSA) is 56.7 Å². The molecule has 56 heavy (non-hydrogen) atoms. The molecule has 0 aliphatic carbocycles. The molecule has 8 aromatic carbocycles. The van der Waals surface area contributed by atoms with E-state index in [1.54, 1.807) is 0 Å². The van der Waals surface area contributed by atoms with E-state index in [4.69, 9.17) is 19.4 Å². The number of hydrogen-bond acceptors (Lipinski definition) is 4. The van der Waals surface area contributed by atoms with Crippen molar-refractivity contribution in [3.63, 3.8) is 0 Å². The highest BCUT2D eigenvalue weighted by Crippen LogP contribution is 2.40. The van der Waals surface area contributed by atoms with Crippen LogP contribution in [0.15, 0.2) is 199 Å². The smallest absolute Gasteiger partial charge is 0.227 e. The average molecular weight is 717 g/mol. The third-order valence-electron chi connectivity index (χ3n) is 10.6. The largest absolute Gasteiger partial charge is 0.434 e. The Kier molecular flexibility index (Phi) is 7.42. The summed E-state index contributed by atoms with van der Waals surface area (Å²) in [7, 11) is 0. The lowest BCUT2D eigenvalue weighted by Gasteiger charge is -2.13. The zero-order valence-corrected chi connectivity index (χ0v) is 30.2. The molecule has 0 spiro atoms. The second kappa shape index (κ2) is 13.0. The quantitative estimate of drug-likeness (QED) is 0.172. The molecule has 262 valence electrons. The minimum absolute atomic E-state index is 0.600. The van der Waals surface area contributed by atoms with Gasteiger partial charge in [-0.3, -0.25) is 0 Å². The van der Waals surface area contributed by atoms with Crippen LogP contribution in [-0.4, -0.2) is 19.5 Å². The van der Waals surface area contributed by atoms with E-state index in [1.165, 1.54) is 16.3 Å². The summed E-state index contributed by atoms with van der Waals surface area (Å²) in [6.07, 6.45) is 0. The molecular formula is C51H32N4O. The molecule has 0 N–H and O–H groups in total. The van der Waals surface area contributed by atoms with Gasteiger partial charge in [-0.1, -0.05) is 140 Å². The monoisotopic (exact) mass is 716 g/mol. The van der Waals surface area contributed by atoms with Crippen LogP contribution >= 0.6 is 0 Å². The molecule has 11 aromatic rings. The van der Waals surface area contributed by atoms with Crippen molar-refractivity contribution in [3.05, 3.63) is 194 Å². The lowest BCUT2D eigenvalue weighted by Crippen LogP contribution is -1.98. The molecule has 0 amide bonds. The highest BCUT2D eigenvalue weighted by molar-refractivity contribution is 6.19. The van der Waals surface area contributed by atoms with Gasteiger partial charge in [0.2, 0.25) is 5.89 Å². The van der Waals surface area contributed by atoms with E-state index in [-0.39, 0.29) is 0 Å². The lowest BCUT2D eigenvalue weighted by molar-refractivity contribution is 0.622. The second-order valence-corrected chi connectivity index (χ2v) is 14.1. The number of aromatic nitrogens is 4. The zero-order chi connectivity index (χ0) is 37.0. The van der Waals surface area contributed by atoms with Crippen molar-refractivity contribution in [2.75, 3.05) is 0 Å². The molecule has 0 saturated heterocycles. The summed E-state index contributed by atoms with van der Waals surface area (Å²) in [6, 6.07) is 67.4. The van der Waals surface area contributed by atoms with Crippen molar-refractivity contribution in [2.45, 2.75) is 0 Å². The maximum absolute atomic E-state index is 6.68. The Morgan fingerprint density at radius 3 is 1.71 bits per heavy atom. The molecule has 0 saturated carbocycles. The first-order valence-electron chi connectivity index (χ1n) is 18.8. The summed E-state index contributed by atoms with van der Waals surface area (Å²) in [4.78, 5) is 15.3. The van der Waals surface area contributed by atoms with E-state index in [2.05, 4.69) is 144 Å². The van der Waals surface area contributed by atoms with E-state index in [0.717, 1.165) is 77.8 Å². The third kappa shape index (κ3) is 5.45. The average Bonchev–Trinajstić information content (AvgIpc) is 3.86. The normalized spacial score (nSPS) is 11.6. The van der Waals surface area contributed by atoms with Crippen LogP contribution in [0, 0.1) is 0 Å². The molecule has 0 atom stereocenters. The van der Waals surface area contributed by atoms with Crippen LogP contribution < -0.4 is 0 Å². The first kappa shape index (κ1) is 31.9. The van der Waals surface area contributed by atoms with Crippen molar-refractivity contribution in [1.82, 2.24) is 19.5 Å². The molecule has 0 unspecified atom stereocenters. The minimum Gasteiger partial charge on any atom is -0.434 e. The molecule has 0 aliphatic heterocycles. The summed E-state index contributed by atoms with van der Waals surface area (Å²) in [5.74, 6) is 1.27. The SMILES string of the molecule is c1ccc(-c2ccc(-c3nc(-c4ccccc4)cc(-c4cccc(-n5c6cc7ccccc7cc6c6ccc7nc(-c8ccccc8)oc7c65)c4)n3)cc2)cc1. The molecular weight excluding hydrogens is 685 g/mol. The van der Waals surface area contributed by atoms with Crippen LogP contribution in [0.5, 0.6) is 0 Å². The Labute approximate surface area is 322 Å². The first-order valence-corrected chi connectivity index (χ1v) is 18.8. The Bertz CT molecular complexity index is 3220. The number of benzene rings is 8. The van der Waals surface area contributed by atoms with Crippen LogP contribution in [0.25, 0.3) is 106 Å². The Morgan fingerprint density at radius 1 is 0.393 bits per heavy atom. The van der Waals surface area contributed by atoms with Gasteiger partial charge in [0.05, 0.1) is 22.4 Å². The van der Waals surface area contributed by atoms with Crippen LogP contribution in [0.3, 0.4) is 0 Å². The minimum atomic E-state index is 0.600. The molecule has 0 bridgehead atoms. The van der Waals surface area contributed by atoms with Gasteiger partial charge in [-0.25, -0.2) is 15.0 Å². The second-order valence-electron chi connectivity index (χ2n) is 14.1. The van der Waals surface area contributed by atoms with Gasteiger partial charge in [0.15, 0.2) is 11.4 Å². The maximum atomic E-state index is 6.68. The summed E-state index contributed by atoms with van der Waals surface area (Å²) < 4.78 is 9.01. The number of hydrogen-bond donors (Lipinski definition) is 0. The van der Waals surface area contributed by atoms with Crippen molar-refractivity contribution >= 4 is 43.7 Å². The van der Waals surface area contributed by atoms with E-state index in [1.807, 2.05) is 54.6 Å².